The van der Waals surface area contributed by atoms with Gasteiger partial charge in [0.25, 0.3) is 0 Å². The Morgan fingerprint density at radius 1 is 1.42 bits per heavy atom. The van der Waals surface area contributed by atoms with E-state index in [1.165, 1.54) is 6.07 Å². The molecule has 0 aliphatic heterocycles. The van der Waals surface area contributed by atoms with Crippen molar-refractivity contribution in [3.63, 3.8) is 0 Å². The maximum Gasteiger partial charge on any atom is 0.191 e. The van der Waals surface area contributed by atoms with E-state index in [1.807, 2.05) is 6.92 Å². The van der Waals surface area contributed by atoms with Crippen molar-refractivity contribution in [2.45, 2.75) is 39.2 Å². The van der Waals surface area contributed by atoms with E-state index in [0.717, 1.165) is 12.8 Å². The number of halogens is 3. The molecule has 1 atom stereocenters. The van der Waals surface area contributed by atoms with Gasteiger partial charge in [0.05, 0.1) is 6.61 Å². The minimum Gasteiger partial charge on any atom is -0.487 e. The summed E-state index contributed by atoms with van der Waals surface area (Å²) in [4.78, 5) is 0. The zero-order valence-electron chi connectivity index (χ0n) is 11.2. The maximum absolute atomic E-state index is 14.0. The van der Waals surface area contributed by atoms with E-state index in [-0.39, 0.29) is 24.2 Å². The molecule has 19 heavy (non-hydrogen) atoms. The molecule has 1 aliphatic rings. The lowest BCUT2D eigenvalue weighted by atomic mass is 10.0. The van der Waals surface area contributed by atoms with Gasteiger partial charge >= 0.3 is 0 Å². The molecule has 1 aromatic carbocycles. The third-order valence-corrected chi connectivity index (χ3v) is 3.23. The molecule has 1 fully saturated rings. The molecule has 2 rings (SSSR count). The summed E-state index contributed by atoms with van der Waals surface area (Å²) in [6.45, 7) is 3.85. The minimum atomic E-state index is -0.630. The zero-order valence-corrected chi connectivity index (χ0v) is 12.0. The van der Waals surface area contributed by atoms with Crippen LogP contribution in [0.15, 0.2) is 6.07 Å². The zero-order chi connectivity index (χ0) is 13.3. The third kappa shape index (κ3) is 4.05. The Hall–Kier alpha value is -0.870. The van der Waals surface area contributed by atoms with Crippen molar-refractivity contribution in [1.29, 1.82) is 0 Å². The van der Waals surface area contributed by atoms with Crippen molar-refractivity contribution >= 4 is 12.4 Å². The number of ether oxygens (including phenoxy) is 1. The second kappa shape index (κ2) is 6.53. The van der Waals surface area contributed by atoms with Gasteiger partial charge in [0.1, 0.15) is 0 Å². The van der Waals surface area contributed by atoms with Crippen molar-refractivity contribution in [2.24, 2.45) is 11.7 Å². The van der Waals surface area contributed by atoms with Crippen molar-refractivity contribution < 1.29 is 13.5 Å². The fourth-order valence-corrected chi connectivity index (χ4v) is 1.92. The summed E-state index contributed by atoms with van der Waals surface area (Å²) in [6, 6.07) is 1.21. The average Bonchev–Trinajstić information content (AvgIpc) is 3.08. The maximum atomic E-state index is 14.0. The van der Waals surface area contributed by atoms with Crippen LogP contribution in [0.1, 0.15) is 30.9 Å². The van der Waals surface area contributed by atoms with Crippen LogP contribution in [0.25, 0.3) is 0 Å². The van der Waals surface area contributed by atoms with Gasteiger partial charge in [0.15, 0.2) is 17.4 Å². The van der Waals surface area contributed by atoms with Crippen LogP contribution in [-0.2, 0) is 6.42 Å². The lowest BCUT2D eigenvalue weighted by Gasteiger charge is -2.14. The number of hydrogen-bond acceptors (Lipinski definition) is 2. The van der Waals surface area contributed by atoms with E-state index >= 15 is 0 Å². The third-order valence-electron chi connectivity index (χ3n) is 3.23. The first-order valence-corrected chi connectivity index (χ1v) is 6.35. The van der Waals surface area contributed by atoms with Gasteiger partial charge in [0.2, 0.25) is 0 Å². The fraction of sp³-hybridized carbons (Fsp3) is 0.571. The summed E-state index contributed by atoms with van der Waals surface area (Å²) in [5.41, 5.74) is 6.70. The number of hydrogen-bond donors (Lipinski definition) is 1. The highest BCUT2D eigenvalue weighted by Gasteiger charge is 2.24. The summed E-state index contributed by atoms with van der Waals surface area (Å²) in [6.07, 6.45) is 2.64. The molecule has 0 amide bonds. The van der Waals surface area contributed by atoms with Gasteiger partial charge in [-0.05, 0) is 56.2 Å². The number of benzene rings is 1. The molecule has 1 unspecified atom stereocenters. The topological polar surface area (TPSA) is 35.2 Å². The van der Waals surface area contributed by atoms with Crippen LogP contribution in [0.5, 0.6) is 5.75 Å². The fourth-order valence-electron chi connectivity index (χ4n) is 1.92. The Labute approximate surface area is 118 Å². The standard InChI is InChI=1S/C14H19F2NO.ClH/c1-8(17)5-11-6-12(15)14(13(16)9(11)2)18-7-10-3-4-10;/h6,8,10H,3-5,7,17H2,1-2H3;1H. The highest BCUT2D eigenvalue weighted by Crippen LogP contribution is 2.32. The van der Waals surface area contributed by atoms with Crippen molar-refractivity contribution in [3.05, 3.63) is 28.8 Å². The van der Waals surface area contributed by atoms with E-state index < -0.39 is 11.6 Å². The van der Waals surface area contributed by atoms with Crippen LogP contribution in [0, 0.1) is 24.5 Å². The monoisotopic (exact) mass is 291 g/mol. The molecule has 1 aliphatic carbocycles. The van der Waals surface area contributed by atoms with Gasteiger partial charge in [-0.3, -0.25) is 0 Å². The molecule has 1 aromatic rings. The molecule has 2 nitrogen and oxygen atoms in total. The van der Waals surface area contributed by atoms with Crippen LogP contribution in [0.3, 0.4) is 0 Å². The van der Waals surface area contributed by atoms with E-state index in [1.54, 1.807) is 6.92 Å². The van der Waals surface area contributed by atoms with Gasteiger partial charge in [-0.25, -0.2) is 8.78 Å². The summed E-state index contributed by atoms with van der Waals surface area (Å²) in [5.74, 6) is -0.999. The SMILES string of the molecule is Cc1c(CC(C)N)cc(F)c(OCC2CC2)c1F.Cl. The van der Waals surface area contributed by atoms with Crippen LogP contribution in [0.4, 0.5) is 8.78 Å². The van der Waals surface area contributed by atoms with Crippen LogP contribution >= 0.6 is 12.4 Å². The summed E-state index contributed by atoms with van der Waals surface area (Å²) in [7, 11) is 0. The molecular formula is C14H20ClF2NO. The normalized spacial score (nSPS) is 15.8. The van der Waals surface area contributed by atoms with Gasteiger partial charge in [-0.1, -0.05) is 0 Å². The molecule has 0 radical (unpaired) electrons. The van der Waals surface area contributed by atoms with Gasteiger partial charge < -0.3 is 10.5 Å². The number of rotatable bonds is 5. The van der Waals surface area contributed by atoms with Crippen molar-refractivity contribution in [3.8, 4) is 5.75 Å². The summed E-state index contributed by atoms with van der Waals surface area (Å²) in [5, 5.41) is 0. The molecule has 1 saturated carbocycles. The first-order valence-electron chi connectivity index (χ1n) is 6.35. The highest BCUT2D eigenvalue weighted by molar-refractivity contribution is 5.85. The van der Waals surface area contributed by atoms with Crippen LogP contribution in [0.2, 0.25) is 0 Å². The molecule has 0 aromatic heterocycles. The Morgan fingerprint density at radius 2 is 2.05 bits per heavy atom. The molecule has 2 N–H and O–H groups in total. The lowest BCUT2D eigenvalue weighted by Crippen LogP contribution is -2.19. The Bertz CT molecular complexity index is 448. The van der Waals surface area contributed by atoms with Crippen molar-refractivity contribution in [2.75, 3.05) is 6.61 Å². The van der Waals surface area contributed by atoms with Crippen LogP contribution < -0.4 is 10.5 Å². The Balaban J connectivity index is 0.00000180. The molecule has 108 valence electrons. The van der Waals surface area contributed by atoms with E-state index in [0.29, 0.717) is 30.1 Å². The van der Waals surface area contributed by atoms with E-state index in [9.17, 15) is 8.78 Å². The predicted molar refractivity (Wildman–Crippen MR) is 73.9 cm³/mol. The molecule has 5 heteroatoms. The molecule has 0 saturated heterocycles. The first kappa shape index (κ1) is 16.2. The van der Waals surface area contributed by atoms with Gasteiger partial charge in [0, 0.05) is 6.04 Å². The Morgan fingerprint density at radius 3 is 2.58 bits per heavy atom. The highest BCUT2D eigenvalue weighted by atomic mass is 35.5. The smallest absolute Gasteiger partial charge is 0.191 e. The molecular weight excluding hydrogens is 272 g/mol. The minimum absolute atomic E-state index is 0. The molecule has 0 heterocycles. The lowest BCUT2D eigenvalue weighted by molar-refractivity contribution is 0.269. The second-order valence-electron chi connectivity index (χ2n) is 5.22. The van der Waals surface area contributed by atoms with Crippen molar-refractivity contribution in [1.82, 2.24) is 0 Å². The first-order chi connectivity index (χ1) is 8.49. The molecule has 0 spiro atoms. The summed E-state index contributed by atoms with van der Waals surface area (Å²) < 4.78 is 33.1. The van der Waals surface area contributed by atoms with E-state index in [2.05, 4.69) is 0 Å². The number of nitrogens with two attached hydrogens (primary N) is 1. The van der Waals surface area contributed by atoms with Crippen LogP contribution in [-0.4, -0.2) is 12.6 Å². The largest absolute Gasteiger partial charge is 0.487 e. The van der Waals surface area contributed by atoms with Gasteiger partial charge in [-0.2, -0.15) is 0 Å². The van der Waals surface area contributed by atoms with E-state index in [4.69, 9.17) is 10.5 Å². The Kier molecular flexibility index (Phi) is 5.56. The van der Waals surface area contributed by atoms with Gasteiger partial charge in [-0.15, -0.1) is 12.4 Å². The second-order valence-corrected chi connectivity index (χ2v) is 5.22. The predicted octanol–water partition coefficient (Wildman–Crippen LogP) is 3.37. The summed E-state index contributed by atoms with van der Waals surface area (Å²) >= 11 is 0. The molecule has 0 bridgehead atoms. The average molecular weight is 292 g/mol. The quantitative estimate of drug-likeness (QED) is 0.903.